The number of allylic oxidation sites excluding steroid dienone is 2. The zero-order chi connectivity index (χ0) is 35.3. The van der Waals surface area contributed by atoms with Gasteiger partial charge in [-0.1, -0.05) is 78.3 Å². The molecule has 4 fully saturated rings. The minimum Gasteiger partial charge on any atom is -0.481 e. The number of anilines is 1. The molecule has 1 aromatic heterocycles. The van der Waals surface area contributed by atoms with Gasteiger partial charge in [0, 0.05) is 36.1 Å². The number of carboxylic acids is 1. The van der Waals surface area contributed by atoms with E-state index < -0.39 is 11.4 Å². The summed E-state index contributed by atoms with van der Waals surface area (Å²) in [6.07, 6.45) is 12.0. The fraction of sp³-hybridized carbons (Fsp3) is 0.727. The lowest BCUT2D eigenvalue weighted by atomic mass is 9.33. The lowest BCUT2D eigenvalue weighted by molar-refractivity contribution is -0.179. The summed E-state index contributed by atoms with van der Waals surface area (Å²) in [6.45, 7) is 23.4. The molecule has 6 nitrogen and oxygen atoms in total. The van der Waals surface area contributed by atoms with Gasteiger partial charge in [-0.05, 0) is 122 Å². The Kier molecular flexibility index (Phi) is 8.35. The molecular formula is C44H63N3O3. The van der Waals surface area contributed by atoms with Crippen LogP contribution < -0.4 is 5.32 Å². The van der Waals surface area contributed by atoms with Crippen molar-refractivity contribution in [2.45, 2.75) is 112 Å². The predicted molar refractivity (Wildman–Crippen MR) is 202 cm³/mol. The van der Waals surface area contributed by atoms with Gasteiger partial charge in [-0.15, -0.1) is 0 Å². The zero-order valence-electron chi connectivity index (χ0n) is 32.0. The molecule has 6 aliphatic rings. The summed E-state index contributed by atoms with van der Waals surface area (Å²) >= 11 is 0. The summed E-state index contributed by atoms with van der Waals surface area (Å²) in [6, 6.07) is 8.80. The maximum absolute atomic E-state index is 13.2. The van der Waals surface area contributed by atoms with E-state index >= 15 is 0 Å². The number of fused-ring (bicyclic) bond motifs is 9. The number of hydrogen-bond donors (Lipinski definition) is 2. The number of benzene rings is 1. The summed E-state index contributed by atoms with van der Waals surface area (Å²) in [5.41, 5.74) is 6.31. The van der Waals surface area contributed by atoms with Gasteiger partial charge in [-0.25, -0.2) is 0 Å². The number of ether oxygens (including phenoxy) is 1. The second-order valence-corrected chi connectivity index (χ2v) is 19.1. The van der Waals surface area contributed by atoms with Crippen LogP contribution in [-0.4, -0.2) is 60.4 Å². The number of carboxylic acid groups (broad SMARTS) is 1. The fourth-order valence-corrected chi connectivity index (χ4v) is 13.7. The van der Waals surface area contributed by atoms with Crippen molar-refractivity contribution in [2.24, 2.45) is 51.2 Å². The standard InChI is InChI=1S/C44H63N3O3/c1-28-15-18-44(39(48)49)20-19-42(6)32(36(44)29(28)2)13-14-35-41(5)27-31-37(45-21-10-22-47-23-25-50-26-24-47)30-11-8-9-12-33(30)46-38(31)40(3,4)34(41)16-17-43(35,42)7/h8-9,11-13,28-29,34-36H,10,14-27H2,1-7H3,(H,45,46)(H,48,49)/t28-,29+,34+,35-,36+,41+,42-,43-,44+/m1/s1. The quantitative estimate of drug-likeness (QED) is 0.234. The van der Waals surface area contributed by atoms with Gasteiger partial charge in [-0.2, -0.15) is 0 Å². The third-order valence-corrected chi connectivity index (χ3v) is 16.8. The average molecular weight is 682 g/mol. The smallest absolute Gasteiger partial charge is 0.310 e. The minimum atomic E-state index is -0.595. The summed E-state index contributed by atoms with van der Waals surface area (Å²) in [5, 5.41) is 16.1. The predicted octanol–water partition coefficient (Wildman–Crippen LogP) is 9.12. The van der Waals surface area contributed by atoms with Crippen LogP contribution in [0.15, 0.2) is 35.9 Å². The van der Waals surface area contributed by atoms with Crippen LogP contribution >= 0.6 is 0 Å². The second-order valence-electron chi connectivity index (χ2n) is 19.1. The van der Waals surface area contributed by atoms with E-state index in [1.54, 1.807) is 0 Å². The van der Waals surface area contributed by atoms with Crippen LogP contribution in [0.1, 0.15) is 111 Å². The molecule has 1 aliphatic heterocycles. The van der Waals surface area contributed by atoms with Crippen LogP contribution in [0.3, 0.4) is 0 Å². The highest BCUT2D eigenvalue weighted by Gasteiger charge is 2.69. The van der Waals surface area contributed by atoms with Gasteiger partial charge in [0.25, 0.3) is 0 Å². The molecule has 1 saturated heterocycles. The molecule has 2 aromatic rings. The summed E-state index contributed by atoms with van der Waals surface area (Å²) in [7, 11) is 0. The van der Waals surface area contributed by atoms with E-state index in [-0.39, 0.29) is 27.6 Å². The van der Waals surface area contributed by atoms with Crippen molar-refractivity contribution in [1.82, 2.24) is 9.88 Å². The largest absolute Gasteiger partial charge is 0.481 e. The molecule has 3 saturated carbocycles. The van der Waals surface area contributed by atoms with Crippen molar-refractivity contribution >= 4 is 22.6 Å². The van der Waals surface area contributed by atoms with Gasteiger partial charge >= 0.3 is 5.97 Å². The van der Waals surface area contributed by atoms with Crippen molar-refractivity contribution in [3.8, 4) is 0 Å². The topological polar surface area (TPSA) is 74.7 Å². The van der Waals surface area contributed by atoms with Crippen LogP contribution in [-0.2, 0) is 21.4 Å². The molecule has 1 aromatic carbocycles. The monoisotopic (exact) mass is 681 g/mol. The SMILES string of the molecule is C[C@H]1[C@H](C)CC[C@]2(C(=O)O)CC[C@]3(C)C(=CC[C@@H]4[C@@]5(C)Cc6c(nc7ccccc7c6NCCCN6CCOCC6)C(C)(C)[C@@H]5CC[C@]43C)[C@H]12. The van der Waals surface area contributed by atoms with Crippen molar-refractivity contribution in [3.63, 3.8) is 0 Å². The maximum atomic E-state index is 13.2. The zero-order valence-corrected chi connectivity index (χ0v) is 32.0. The second kappa shape index (κ2) is 12.0. The molecule has 0 bridgehead atoms. The molecule has 2 N–H and O–H groups in total. The maximum Gasteiger partial charge on any atom is 0.310 e. The number of morpholine rings is 1. The van der Waals surface area contributed by atoms with E-state index in [2.05, 4.69) is 89.0 Å². The third-order valence-electron chi connectivity index (χ3n) is 16.8. The number of pyridine rings is 1. The van der Waals surface area contributed by atoms with Gasteiger partial charge in [0.15, 0.2) is 0 Å². The number of para-hydroxylation sites is 1. The number of aromatic nitrogens is 1. The third kappa shape index (κ3) is 4.78. The summed E-state index contributed by atoms with van der Waals surface area (Å²) in [5.74, 6) is 1.64. The van der Waals surface area contributed by atoms with E-state index in [0.29, 0.717) is 23.7 Å². The molecule has 6 heteroatoms. The Morgan fingerprint density at radius 3 is 2.52 bits per heavy atom. The van der Waals surface area contributed by atoms with Crippen LogP contribution in [0.25, 0.3) is 10.9 Å². The number of nitrogens with zero attached hydrogens (tertiary/aromatic N) is 2. The molecule has 0 amide bonds. The molecule has 9 atom stereocenters. The highest BCUT2D eigenvalue weighted by molar-refractivity contribution is 5.94. The number of carbonyl (C=O) groups is 1. The lowest BCUT2D eigenvalue weighted by Crippen LogP contribution is -2.65. The molecule has 8 rings (SSSR count). The molecule has 2 heterocycles. The van der Waals surface area contributed by atoms with Crippen molar-refractivity contribution in [2.75, 3.05) is 44.7 Å². The normalized spacial score (nSPS) is 40.8. The first-order chi connectivity index (χ1) is 23.8. The number of nitrogens with one attached hydrogen (secondary N) is 1. The van der Waals surface area contributed by atoms with Crippen molar-refractivity contribution < 1.29 is 14.6 Å². The van der Waals surface area contributed by atoms with Crippen molar-refractivity contribution in [3.05, 3.63) is 47.2 Å². The minimum absolute atomic E-state index is 0.0193. The number of aliphatic carboxylic acids is 1. The molecule has 272 valence electrons. The van der Waals surface area contributed by atoms with Crippen LogP contribution in [0.5, 0.6) is 0 Å². The fourth-order valence-electron chi connectivity index (χ4n) is 13.7. The van der Waals surface area contributed by atoms with Crippen molar-refractivity contribution in [1.29, 1.82) is 0 Å². The first-order valence-electron chi connectivity index (χ1n) is 20.2. The first kappa shape index (κ1) is 34.6. The highest BCUT2D eigenvalue weighted by atomic mass is 16.5. The van der Waals surface area contributed by atoms with Gasteiger partial charge in [0.1, 0.15) is 0 Å². The van der Waals surface area contributed by atoms with Crippen LogP contribution in [0.4, 0.5) is 5.69 Å². The Morgan fingerprint density at radius 2 is 1.76 bits per heavy atom. The Morgan fingerprint density at radius 1 is 1.00 bits per heavy atom. The van der Waals surface area contributed by atoms with Crippen LogP contribution in [0, 0.1) is 51.2 Å². The first-order valence-corrected chi connectivity index (χ1v) is 20.2. The lowest BCUT2D eigenvalue weighted by Gasteiger charge is -2.71. The van der Waals surface area contributed by atoms with Gasteiger partial charge < -0.3 is 15.2 Å². The summed E-state index contributed by atoms with van der Waals surface area (Å²) in [4.78, 5) is 21.2. The van der Waals surface area contributed by atoms with E-state index in [4.69, 9.17) is 9.72 Å². The van der Waals surface area contributed by atoms with Gasteiger partial charge in [0.2, 0.25) is 0 Å². The Hall–Kier alpha value is -2.44. The Balaban J connectivity index is 1.18. The highest BCUT2D eigenvalue weighted by Crippen LogP contribution is 2.75. The van der Waals surface area contributed by atoms with E-state index in [0.717, 1.165) is 89.9 Å². The number of rotatable bonds is 6. The molecule has 0 unspecified atom stereocenters. The van der Waals surface area contributed by atoms with Crippen LogP contribution in [0.2, 0.25) is 0 Å². The van der Waals surface area contributed by atoms with E-state index in [9.17, 15) is 9.90 Å². The Bertz CT molecular complexity index is 1690. The number of hydrogen-bond acceptors (Lipinski definition) is 5. The molecule has 0 spiro atoms. The summed E-state index contributed by atoms with van der Waals surface area (Å²) < 4.78 is 5.59. The van der Waals surface area contributed by atoms with E-state index in [1.807, 2.05) is 0 Å². The average Bonchev–Trinajstić information content (AvgIpc) is 3.09. The molecular weight excluding hydrogens is 619 g/mol. The van der Waals surface area contributed by atoms with Gasteiger partial charge in [-0.3, -0.25) is 14.7 Å². The molecule has 50 heavy (non-hydrogen) atoms. The van der Waals surface area contributed by atoms with E-state index in [1.165, 1.54) is 40.7 Å². The molecule has 5 aliphatic carbocycles. The Labute approximate surface area is 301 Å². The van der Waals surface area contributed by atoms with Gasteiger partial charge in [0.05, 0.1) is 29.8 Å². The molecule has 0 radical (unpaired) electrons.